The quantitative estimate of drug-likeness (QED) is 0.460. The summed E-state index contributed by atoms with van der Waals surface area (Å²) in [5, 5.41) is 0. The van der Waals surface area contributed by atoms with Crippen LogP contribution in [0, 0.1) is 0 Å². The van der Waals surface area contributed by atoms with E-state index in [-0.39, 0.29) is 27.9 Å². The van der Waals surface area contributed by atoms with Crippen LogP contribution < -0.4 is 21.7 Å². The molecule has 25 heavy (non-hydrogen) atoms. The lowest BCUT2D eigenvalue weighted by Gasteiger charge is -2.20. The van der Waals surface area contributed by atoms with Crippen LogP contribution in [0.1, 0.15) is 13.3 Å². The molecule has 4 rings (SSSR count). The van der Waals surface area contributed by atoms with Gasteiger partial charge in [-0.2, -0.15) is 0 Å². The van der Waals surface area contributed by atoms with Gasteiger partial charge in [-0.05, 0) is 42.8 Å². The van der Waals surface area contributed by atoms with Crippen molar-refractivity contribution in [1.82, 2.24) is 0 Å². The van der Waals surface area contributed by atoms with Gasteiger partial charge in [-0.3, -0.25) is 0 Å². The number of hydrogen-bond acceptors (Lipinski definition) is 2. The third kappa shape index (κ3) is 3.62. The van der Waals surface area contributed by atoms with Gasteiger partial charge in [-0.1, -0.05) is 55.1 Å². The fraction of sp³-hybridized carbons (Fsp3) is 0.143. The molecule has 0 atom stereocenters. The van der Waals surface area contributed by atoms with Crippen LogP contribution >= 0.6 is 11.8 Å². The summed E-state index contributed by atoms with van der Waals surface area (Å²) in [7, 11) is -0.119. The number of ether oxygens (including phenoxy) is 1. The molecule has 0 unspecified atom stereocenters. The molecular formula is C21H19BrOS2. The van der Waals surface area contributed by atoms with Crippen LogP contribution in [0.2, 0.25) is 0 Å². The molecule has 128 valence electrons. The molecule has 3 aromatic rings. The van der Waals surface area contributed by atoms with Crippen molar-refractivity contribution in [1.29, 1.82) is 0 Å². The highest BCUT2D eigenvalue weighted by Crippen LogP contribution is 2.49. The van der Waals surface area contributed by atoms with Gasteiger partial charge in [0.05, 0.1) is 16.4 Å². The van der Waals surface area contributed by atoms with E-state index in [1.165, 1.54) is 24.5 Å². The first-order valence-electron chi connectivity index (χ1n) is 8.20. The van der Waals surface area contributed by atoms with Crippen molar-refractivity contribution in [3.8, 4) is 5.75 Å². The van der Waals surface area contributed by atoms with Gasteiger partial charge in [0.25, 0.3) is 0 Å². The Hall–Kier alpha value is -1.36. The third-order valence-corrected chi connectivity index (χ3v) is 7.67. The summed E-state index contributed by atoms with van der Waals surface area (Å²) in [5.74, 6) is 1.01. The van der Waals surface area contributed by atoms with Crippen LogP contribution in [0.4, 0.5) is 0 Å². The summed E-state index contributed by atoms with van der Waals surface area (Å²) in [6.07, 6.45) is 1.02. The van der Waals surface area contributed by atoms with Crippen LogP contribution in [0.15, 0.2) is 97.3 Å². The minimum Gasteiger partial charge on any atom is -1.00 e. The molecule has 0 spiro atoms. The SMILES string of the molecule is CCCOc1ccccc1[S+]1c2ccccc2Sc2ccccc21.[Br-]. The first-order valence-corrected chi connectivity index (χ1v) is 10.2. The van der Waals surface area contributed by atoms with E-state index in [0.29, 0.717) is 0 Å². The minimum atomic E-state index is -0.119. The largest absolute Gasteiger partial charge is 1.00 e. The second-order valence-corrected chi connectivity index (χ2v) is 8.61. The predicted molar refractivity (Wildman–Crippen MR) is 101 cm³/mol. The van der Waals surface area contributed by atoms with E-state index >= 15 is 0 Å². The summed E-state index contributed by atoms with van der Waals surface area (Å²) in [4.78, 5) is 6.78. The number of fused-ring (bicyclic) bond motifs is 2. The van der Waals surface area contributed by atoms with Gasteiger partial charge in [0.15, 0.2) is 15.5 Å². The van der Waals surface area contributed by atoms with Crippen LogP contribution in [-0.2, 0) is 10.9 Å². The molecule has 4 heteroatoms. The Kier molecular flexibility index (Phi) is 6.15. The second kappa shape index (κ2) is 8.35. The molecule has 0 aromatic heterocycles. The first kappa shape index (κ1) is 18.4. The topological polar surface area (TPSA) is 9.23 Å². The molecule has 1 aliphatic rings. The molecule has 0 saturated heterocycles. The van der Waals surface area contributed by atoms with Crippen molar-refractivity contribution in [2.75, 3.05) is 6.61 Å². The number of hydrogen-bond donors (Lipinski definition) is 0. The van der Waals surface area contributed by atoms with Crippen LogP contribution in [-0.4, -0.2) is 6.61 Å². The van der Waals surface area contributed by atoms with E-state index in [4.69, 9.17) is 4.74 Å². The number of para-hydroxylation sites is 1. The zero-order chi connectivity index (χ0) is 16.4. The zero-order valence-electron chi connectivity index (χ0n) is 13.9. The minimum absolute atomic E-state index is 0. The predicted octanol–water partition coefficient (Wildman–Crippen LogP) is 3.04. The summed E-state index contributed by atoms with van der Waals surface area (Å²) in [6.45, 7) is 2.90. The van der Waals surface area contributed by atoms with Crippen molar-refractivity contribution >= 4 is 22.7 Å². The molecule has 0 amide bonds. The fourth-order valence-corrected chi connectivity index (χ4v) is 6.67. The van der Waals surface area contributed by atoms with Gasteiger partial charge < -0.3 is 21.7 Å². The maximum Gasteiger partial charge on any atom is 0.208 e. The van der Waals surface area contributed by atoms with E-state index in [1.807, 2.05) is 11.8 Å². The molecule has 0 bridgehead atoms. The summed E-state index contributed by atoms with van der Waals surface area (Å²) >= 11 is 1.87. The van der Waals surface area contributed by atoms with Gasteiger partial charge in [-0.25, -0.2) is 0 Å². The second-order valence-electron chi connectivity index (χ2n) is 5.60. The standard InChI is InChI=1S/C21H19OS2.BrH/c1-2-15-22-16-9-3-6-12-19(16)24-20-13-7-4-10-17(20)23-18-11-5-8-14-21(18)24;/h3-14H,2,15H2,1H3;1H/q+1;/p-1. The Morgan fingerprint density at radius 2 is 1.28 bits per heavy atom. The Morgan fingerprint density at radius 3 is 1.88 bits per heavy atom. The first-order chi connectivity index (χ1) is 11.9. The smallest absolute Gasteiger partial charge is 0.208 e. The van der Waals surface area contributed by atoms with E-state index in [1.54, 1.807) is 0 Å². The maximum atomic E-state index is 6.07. The normalized spacial score (nSPS) is 12.7. The lowest BCUT2D eigenvalue weighted by Crippen LogP contribution is -3.00. The highest BCUT2D eigenvalue weighted by Gasteiger charge is 2.39. The van der Waals surface area contributed by atoms with Crippen molar-refractivity contribution in [3.63, 3.8) is 0 Å². The zero-order valence-corrected chi connectivity index (χ0v) is 17.2. The Labute approximate surface area is 166 Å². The van der Waals surface area contributed by atoms with E-state index in [2.05, 4.69) is 79.7 Å². The van der Waals surface area contributed by atoms with Crippen molar-refractivity contribution in [2.45, 2.75) is 37.8 Å². The third-order valence-electron chi connectivity index (χ3n) is 3.89. The fourth-order valence-electron chi connectivity index (χ4n) is 2.83. The van der Waals surface area contributed by atoms with Crippen LogP contribution in [0.25, 0.3) is 0 Å². The Balaban J connectivity index is 0.00000182. The molecule has 1 aliphatic heterocycles. The molecule has 0 saturated carbocycles. The lowest BCUT2D eigenvalue weighted by atomic mass is 10.3. The Morgan fingerprint density at radius 1 is 0.760 bits per heavy atom. The average Bonchev–Trinajstić information content (AvgIpc) is 2.65. The van der Waals surface area contributed by atoms with Gasteiger partial charge in [0.2, 0.25) is 4.90 Å². The van der Waals surface area contributed by atoms with Crippen LogP contribution in [0.5, 0.6) is 5.75 Å². The monoisotopic (exact) mass is 430 g/mol. The number of halogens is 1. The van der Waals surface area contributed by atoms with E-state index in [9.17, 15) is 0 Å². The van der Waals surface area contributed by atoms with Crippen molar-refractivity contribution in [3.05, 3.63) is 72.8 Å². The Bertz CT molecular complexity index is 820. The molecule has 0 fully saturated rings. The molecule has 1 heterocycles. The van der Waals surface area contributed by atoms with Gasteiger partial charge >= 0.3 is 0 Å². The van der Waals surface area contributed by atoms with Gasteiger partial charge in [-0.15, -0.1) is 0 Å². The summed E-state index contributed by atoms with van der Waals surface area (Å²) in [5.41, 5.74) is 0. The van der Waals surface area contributed by atoms with Crippen molar-refractivity contribution in [2.24, 2.45) is 0 Å². The molecule has 0 radical (unpaired) electrons. The van der Waals surface area contributed by atoms with Crippen LogP contribution in [0.3, 0.4) is 0 Å². The molecule has 0 N–H and O–H groups in total. The maximum absolute atomic E-state index is 6.07. The molecular weight excluding hydrogens is 412 g/mol. The molecule has 1 nitrogen and oxygen atoms in total. The molecule has 0 aliphatic carbocycles. The average molecular weight is 431 g/mol. The summed E-state index contributed by atoms with van der Waals surface area (Å²) in [6, 6.07) is 26.0. The highest BCUT2D eigenvalue weighted by atomic mass is 79.9. The van der Waals surface area contributed by atoms with E-state index < -0.39 is 0 Å². The van der Waals surface area contributed by atoms with Gasteiger partial charge in [0.1, 0.15) is 10.9 Å². The highest BCUT2D eigenvalue weighted by molar-refractivity contribution is 8.04. The van der Waals surface area contributed by atoms with Crippen molar-refractivity contribution < 1.29 is 21.7 Å². The molecule has 3 aromatic carbocycles. The lowest BCUT2D eigenvalue weighted by molar-refractivity contribution is -0.00000520. The van der Waals surface area contributed by atoms with E-state index in [0.717, 1.165) is 18.8 Å². The van der Waals surface area contributed by atoms with Gasteiger partial charge in [0, 0.05) is 0 Å². The number of benzene rings is 3. The number of rotatable bonds is 4. The summed E-state index contributed by atoms with van der Waals surface area (Å²) < 4.78 is 6.07.